The van der Waals surface area contributed by atoms with Crippen molar-refractivity contribution in [3.05, 3.63) is 71.8 Å². The minimum atomic E-state index is -4.75. The lowest BCUT2D eigenvalue weighted by atomic mass is 10.1. The molecule has 4 aromatic rings. The monoisotopic (exact) mass is 455 g/mol. The standard InChI is InChI=1S/C21H16F3N7O2/c1-12-9-14(20(33-2)30-17(12)16-5-3-4-6-25-16)19(32)29-13-10-15(21(22,23)24)18(26-11-13)31-27-7-8-28-31/h3-11H,1-2H3,(H,29,32). The van der Waals surface area contributed by atoms with Gasteiger partial charge in [0.25, 0.3) is 5.91 Å². The van der Waals surface area contributed by atoms with Crippen LogP contribution >= 0.6 is 0 Å². The van der Waals surface area contributed by atoms with Crippen LogP contribution < -0.4 is 10.1 Å². The molecule has 0 radical (unpaired) electrons. The first kappa shape index (κ1) is 21.9. The number of anilines is 1. The maximum absolute atomic E-state index is 13.6. The lowest BCUT2D eigenvalue weighted by Gasteiger charge is -2.15. The van der Waals surface area contributed by atoms with Crippen molar-refractivity contribution in [1.29, 1.82) is 0 Å². The highest BCUT2D eigenvalue weighted by atomic mass is 19.4. The normalized spacial score (nSPS) is 11.3. The summed E-state index contributed by atoms with van der Waals surface area (Å²) in [6.45, 7) is 1.74. The fraction of sp³-hybridized carbons (Fsp3) is 0.143. The second kappa shape index (κ2) is 8.65. The second-order valence-corrected chi connectivity index (χ2v) is 6.79. The average molecular weight is 455 g/mol. The van der Waals surface area contributed by atoms with E-state index < -0.39 is 23.5 Å². The van der Waals surface area contributed by atoms with Gasteiger partial charge in [-0.1, -0.05) is 6.07 Å². The van der Waals surface area contributed by atoms with Crippen LogP contribution in [-0.2, 0) is 6.18 Å². The van der Waals surface area contributed by atoms with Gasteiger partial charge in [0.2, 0.25) is 5.88 Å². The van der Waals surface area contributed by atoms with Gasteiger partial charge in [0.15, 0.2) is 5.82 Å². The number of aromatic nitrogens is 6. The van der Waals surface area contributed by atoms with Gasteiger partial charge in [0.1, 0.15) is 11.1 Å². The van der Waals surface area contributed by atoms with E-state index in [0.29, 0.717) is 17.0 Å². The van der Waals surface area contributed by atoms with E-state index in [4.69, 9.17) is 4.74 Å². The number of aryl methyl sites for hydroxylation is 1. The third-order valence-electron chi connectivity index (χ3n) is 4.56. The lowest BCUT2D eigenvalue weighted by molar-refractivity contribution is -0.137. The van der Waals surface area contributed by atoms with E-state index in [9.17, 15) is 18.0 Å². The summed E-state index contributed by atoms with van der Waals surface area (Å²) >= 11 is 0. The van der Waals surface area contributed by atoms with E-state index in [-0.39, 0.29) is 17.1 Å². The van der Waals surface area contributed by atoms with E-state index in [0.717, 1.165) is 17.1 Å². The number of carbonyl (C=O) groups excluding carboxylic acids is 1. The predicted molar refractivity (Wildman–Crippen MR) is 111 cm³/mol. The number of methoxy groups -OCH3 is 1. The van der Waals surface area contributed by atoms with Crippen LogP contribution in [0.3, 0.4) is 0 Å². The van der Waals surface area contributed by atoms with Gasteiger partial charge in [0, 0.05) is 6.20 Å². The van der Waals surface area contributed by atoms with Gasteiger partial charge >= 0.3 is 6.18 Å². The molecule has 0 bridgehead atoms. The topological polar surface area (TPSA) is 108 Å². The Morgan fingerprint density at radius 3 is 2.48 bits per heavy atom. The highest BCUT2D eigenvalue weighted by Crippen LogP contribution is 2.34. The van der Waals surface area contributed by atoms with Gasteiger partial charge in [-0.2, -0.15) is 23.4 Å². The molecule has 0 aliphatic heterocycles. The van der Waals surface area contributed by atoms with Crippen LogP contribution in [0, 0.1) is 6.92 Å². The molecule has 9 nitrogen and oxygen atoms in total. The summed E-state index contributed by atoms with van der Waals surface area (Å²) in [6, 6.07) is 7.61. The molecule has 0 unspecified atom stereocenters. The number of hydrogen-bond donors (Lipinski definition) is 1. The quantitative estimate of drug-likeness (QED) is 0.489. The molecule has 4 heterocycles. The van der Waals surface area contributed by atoms with Gasteiger partial charge in [0.05, 0.1) is 42.8 Å². The minimum absolute atomic E-state index is 0.000110. The van der Waals surface area contributed by atoms with Gasteiger partial charge in [-0.25, -0.2) is 9.97 Å². The molecule has 4 aromatic heterocycles. The summed E-state index contributed by atoms with van der Waals surface area (Å²) in [5, 5.41) is 9.80. The Kier molecular flexibility index (Phi) is 5.73. The Bertz CT molecular complexity index is 1290. The fourth-order valence-electron chi connectivity index (χ4n) is 3.09. The number of hydrogen-bond acceptors (Lipinski definition) is 7. The van der Waals surface area contributed by atoms with E-state index in [1.807, 2.05) is 0 Å². The van der Waals surface area contributed by atoms with Crippen molar-refractivity contribution < 1.29 is 22.7 Å². The molecule has 33 heavy (non-hydrogen) atoms. The minimum Gasteiger partial charge on any atom is -0.480 e. The summed E-state index contributed by atoms with van der Waals surface area (Å²) in [7, 11) is 1.34. The lowest BCUT2D eigenvalue weighted by Crippen LogP contribution is -2.18. The van der Waals surface area contributed by atoms with Crippen molar-refractivity contribution in [2.45, 2.75) is 13.1 Å². The summed E-state index contributed by atoms with van der Waals surface area (Å²) < 4.78 is 46.1. The number of ether oxygens (including phenoxy) is 1. The third kappa shape index (κ3) is 4.49. The van der Waals surface area contributed by atoms with Crippen LogP contribution in [0.2, 0.25) is 0 Å². The summed E-state index contributed by atoms with van der Waals surface area (Å²) in [6.07, 6.45) is 0.399. The van der Waals surface area contributed by atoms with Crippen molar-refractivity contribution >= 4 is 11.6 Å². The molecule has 0 saturated carbocycles. The van der Waals surface area contributed by atoms with Crippen molar-refractivity contribution in [3.8, 4) is 23.1 Å². The zero-order valence-electron chi connectivity index (χ0n) is 17.3. The predicted octanol–water partition coefficient (Wildman–Crippen LogP) is 3.71. The average Bonchev–Trinajstić information content (AvgIpc) is 3.33. The number of pyridine rings is 3. The fourth-order valence-corrected chi connectivity index (χ4v) is 3.09. The number of nitrogens with one attached hydrogen (secondary N) is 1. The van der Waals surface area contributed by atoms with E-state index in [1.54, 1.807) is 31.3 Å². The van der Waals surface area contributed by atoms with Crippen molar-refractivity contribution in [1.82, 2.24) is 29.9 Å². The largest absolute Gasteiger partial charge is 0.480 e. The Balaban J connectivity index is 1.68. The van der Waals surface area contributed by atoms with Crippen LogP contribution in [0.15, 0.2) is 55.1 Å². The van der Waals surface area contributed by atoms with Gasteiger partial charge in [-0.15, -0.1) is 4.80 Å². The highest BCUT2D eigenvalue weighted by Gasteiger charge is 2.36. The van der Waals surface area contributed by atoms with Crippen molar-refractivity contribution in [2.75, 3.05) is 12.4 Å². The summed E-state index contributed by atoms with van der Waals surface area (Å²) in [4.78, 5) is 26.0. The number of halogens is 3. The summed E-state index contributed by atoms with van der Waals surface area (Å²) in [5.41, 5.74) is 0.498. The van der Waals surface area contributed by atoms with Gasteiger partial charge in [-0.3, -0.25) is 9.78 Å². The van der Waals surface area contributed by atoms with Crippen LogP contribution in [0.25, 0.3) is 17.2 Å². The van der Waals surface area contributed by atoms with Crippen LogP contribution in [0.1, 0.15) is 21.5 Å². The number of nitrogens with zero attached hydrogens (tertiary/aromatic N) is 6. The Labute approximate surface area is 185 Å². The number of carbonyl (C=O) groups is 1. The van der Waals surface area contributed by atoms with Crippen molar-refractivity contribution in [3.63, 3.8) is 0 Å². The second-order valence-electron chi connectivity index (χ2n) is 6.79. The van der Waals surface area contributed by atoms with E-state index in [2.05, 4.69) is 30.5 Å². The first-order valence-electron chi connectivity index (χ1n) is 9.50. The maximum atomic E-state index is 13.6. The maximum Gasteiger partial charge on any atom is 0.420 e. The number of alkyl halides is 3. The number of rotatable bonds is 5. The molecular weight excluding hydrogens is 439 g/mol. The van der Waals surface area contributed by atoms with Crippen LogP contribution in [0.4, 0.5) is 18.9 Å². The molecule has 1 amide bonds. The SMILES string of the molecule is COc1nc(-c2ccccn2)c(C)cc1C(=O)Nc1cnc(-n2nccn2)c(C(F)(F)F)c1. The zero-order chi connectivity index (χ0) is 23.6. The Morgan fingerprint density at radius 1 is 1.09 bits per heavy atom. The molecule has 0 spiro atoms. The molecule has 0 aromatic carbocycles. The molecule has 0 fully saturated rings. The first-order chi connectivity index (χ1) is 15.8. The van der Waals surface area contributed by atoms with E-state index in [1.165, 1.54) is 25.6 Å². The summed E-state index contributed by atoms with van der Waals surface area (Å²) in [5.74, 6) is -1.23. The van der Waals surface area contributed by atoms with Crippen molar-refractivity contribution in [2.24, 2.45) is 0 Å². The zero-order valence-corrected chi connectivity index (χ0v) is 17.3. The van der Waals surface area contributed by atoms with Crippen LogP contribution in [0.5, 0.6) is 5.88 Å². The molecular formula is C21H16F3N7O2. The molecule has 0 aliphatic rings. The smallest absolute Gasteiger partial charge is 0.420 e. The first-order valence-corrected chi connectivity index (χ1v) is 9.50. The molecule has 0 aliphatic carbocycles. The Hall–Kier alpha value is -4.35. The molecule has 168 valence electrons. The third-order valence-corrected chi connectivity index (χ3v) is 4.56. The highest BCUT2D eigenvalue weighted by molar-refractivity contribution is 6.06. The van der Waals surface area contributed by atoms with E-state index >= 15 is 0 Å². The van der Waals surface area contributed by atoms with Gasteiger partial charge in [-0.05, 0) is 36.8 Å². The molecule has 0 atom stereocenters. The molecule has 12 heteroatoms. The Morgan fingerprint density at radius 2 is 1.85 bits per heavy atom. The number of amides is 1. The molecule has 0 saturated heterocycles. The molecule has 1 N–H and O–H groups in total. The van der Waals surface area contributed by atoms with Crippen LogP contribution in [-0.4, -0.2) is 43.0 Å². The molecule has 4 rings (SSSR count). The van der Waals surface area contributed by atoms with Gasteiger partial charge < -0.3 is 10.1 Å².